The Morgan fingerprint density at radius 1 is 0.774 bits per heavy atom. The summed E-state index contributed by atoms with van der Waals surface area (Å²) in [7, 11) is 0. The molecule has 0 aliphatic heterocycles. The summed E-state index contributed by atoms with van der Waals surface area (Å²) in [6, 6.07) is 19.2. The van der Waals surface area contributed by atoms with Crippen molar-refractivity contribution in [1.29, 1.82) is 0 Å². The minimum atomic E-state index is -4.37. The van der Waals surface area contributed by atoms with E-state index >= 15 is 0 Å². The number of benzene rings is 2. The molecule has 274 valence electrons. The van der Waals surface area contributed by atoms with Gasteiger partial charge < -0.3 is 19.8 Å². The quantitative estimate of drug-likeness (QED) is 0.161. The molecule has 0 bridgehead atoms. The number of aromatic nitrogens is 4. The molecule has 2 aromatic carbocycles. The lowest BCUT2D eigenvalue weighted by molar-refractivity contribution is -0.137. The van der Waals surface area contributed by atoms with Gasteiger partial charge in [0.25, 0.3) is 0 Å². The van der Waals surface area contributed by atoms with E-state index in [4.69, 9.17) is 0 Å². The van der Waals surface area contributed by atoms with Crippen LogP contribution in [0, 0.1) is 6.92 Å². The van der Waals surface area contributed by atoms with Crippen molar-refractivity contribution in [3.8, 4) is 11.4 Å². The SMILES string of the molecule is C=CC(=O)Nc1cnc2c(c1)c(C)cn2-c1ccc(C2CCCCC2)cc1.C=CC(=O)Nc1cnc2c(ccn2-c2ccc(C(F)(F)F)cc2)c1.CC. The molecular weight excluding hydrogens is 677 g/mol. The van der Waals surface area contributed by atoms with Crippen LogP contribution in [0.15, 0.2) is 117 Å². The largest absolute Gasteiger partial charge is 0.416 e. The number of amides is 2. The molecule has 11 heteroatoms. The highest BCUT2D eigenvalue weighted by molar-refractivity contribution is 6.00. The summed E-state index contributed by atoms with van der Waals surface area (Å²) < 4.78 is 41.7. The zero-order chi connectivity index (χ0) is 38.1. The van der Waals surface area contributed by atoms with E-state index in [1.165, 1.54) is 62.1 Å². The Morgan fingerprint density at radius 3 is 1.91 bits per heavy atom. The highest BCUT2D eigenvalue weighted by atomic mass is 19.4. The molecule has 8 nitrogen and oxygen atoms in total. The molecule has 0 spiro atoms. The predicted molar refractivity (Wildman–Crippen MR) is 207 cm³/mol. The molecule has 0 radical (unpaired) electrons. The van der Waals surface area contributed by atoms with Gasteiger partial charge in [-0.15, -0.1) is 0 Å². The Hall–Kier alpha value is -5.97. The lowest BCUT2D eigenvalue weighted by Crippen LogP contribution is -2.07. The molecule has 6 aromatic rings. The number of hydrogen-bond donors (Lipinski definition) is 2. The van der Waals surface area contributed by atoms with Crippen molar-refractivity contribution in [2.45, 2.75) is 65.0 Å². The third kappa shape index (κ3) is 9.10. The average molecular weight is 721 g/mol. The number of rotatable bonds is 7. The monoisotopic (exact) mass is 720 g/mol. The van der Waals surface area contributed by atoms with Gasteiger partial charge in [0.15, 0.2) is 0 Å². The van der Waals surface area contributed by atoms with Gasteiger partial charge in [-0.2, -0.15) is 13.2 Å². The number of aryl methyl sites for hydroxylation is 1. The number of pyridine rings is 2. The molecule has 1 fully saturated rings. The number of carbonyl (C=O) groups is 2. The van der Waals surface area contributed by atoms with Gasteiger partial charge in [0, 0.05) is 34.5 Å². The summed E-state index contributed by atoms with van der Waals surface area (Å²) in [6.07, 6.45) is 11.7. The first kappa shape index (κ1) is 38.3. The highest BCUT2D eigenvalue weighted by Gasteiger charge is 2.30. The van der Waals surface area contributed by atoms with Gasteiger partial charge in [-0.05, 0) is 104 Å². The van der Waals surface area contributed by atoms with E-state index in [9.17, 15) is 22.8 Å². The fourth-order valence-corrected chi connectivity index (χ4v) is 6.37. The summed E-state index contributed by atoms with van der Waals surface area (Å²) in [5.41, 5.74) is 6.22. The van der Waals surface area contributed by atoms with Crippen LogP contribution in [0.1, 0.15) is 68.6 Å². The summed E-state index contributed by atoms with van der Waals surface area (Å²) in [5.74, 6) is 0.134. The molecule has 2 amide bonds. The summed E-state index contributed by atoms with van der Waals surface area (Å²) in [4.78, 5) is 31.7. The Kier molecular flexibility index (Phi) is 12.3. The maximum atomic E-state index is 12.6. The fraction of sp³-hybridized carbons (Fsp3) is 0.238. The Labute approximate surface area is 307 Å². The molecule has 0 saturated heterocycles. The normalized spacial score (nSPS) is 12.9. The van der Waals surface area contributed by atoms with E-state index in [0.717, 1.165) is 45.9 Å². The van der Waals surface area contributed by atoms with Crippen LogP contribution in [0.4, 0.5) is 24.5 Å². The topological polar surface area (TPSA) is 93.8 Å². The summed E-state index contributed by atoms with van der Waals surface area (Å²) >= 11 is 0. The van der Waals surface area contributed by atoms with Gasteiger partial charge in [0.1, 0.15) is 11.3 Å². The third-order valence-corrected chi connectivity index (χ3v) is 9.00. The maximum absolute atomic E-state index is 12.6. The van der Waals surface area contributed by atoms with Crippen molar-refractivity contribution in [2.75, 3.05) is 10.6 Å². The van der Waals surface area contributed by atoms with E-state index in [1.54, 1.807) is 29.1 Å². The van der Waals surface area contributed by atoms with Crippen LogP contribution in [0.2, 0.25) is 0 Å². The molecule has 0 unspecified atom stereocenters. The lowest BCUT2D eigenvalue weighted by Gasteiger charge is -2.22. The first-order valence-corrected chi connectivity index (χ1v) is 17.6. The van der Waals surface area contributed by atoms with Gasteiger partial charge in [-0.25, -0.2) is 9.97 Å². The zero-order valence-electron chi connectivity index (χ0n) is 30.1. The predicted octanol–water partition coefficient (Wildman–Crippen LogP) is 10.7. The number of nitrogens with zero attached hydrogens (tertiary/aromatic N) is 4. The van der Waals surface area contributed by atoms with E-state index in [0.29, 0.717) is 28.6 Å². The van der Waals surface area contributed by atoms with Gasteiger partial charge in [0.2, 0.25) is 11.8 Å². The number of hydrogen-bond acceptors (Lipinski definition) is 4. The second kappa shape index (κ2) is 17.0. The van der Waals surface area contributed by atoms with Gasteiger partial charge in [-0.1, -0.05) is 58.4 Å². The van der Waals surface area contributed by atoms with Crippen LogP contribution in [0.25, 0.3) is 33.4 Å². The average Bonchev–Trinajstić information content (AvgIpc) is 3.76. The molecule has 0 atom stereocenters. The van der Waals surface area contributed by atoms with Gasteiger partial charge in [-0.3, -0.25) is 9.59 Å². The first-order valence-electron chi connectivity index (χ1n) is 17.6. The van der Waals surface area contributed by atoms with Crippen molar-refractivity contribution in [1.82, 2.24) is 19.1 Å². The number of carbonyl (C=O) groups excluding carboxylic acids is 2. The maximum Gasteiger partial charge on any atom is 0.416 e. The molecule has 7 rings (SSSR count). The first-order chi connectivity index (χ1) is 25.5. The van der Waals surface area contributed by atoms with Gasteiger partial charge in [0.05, 0.1) is 29.3 Å². The van der Waals surface area contributed by atoms with E-state index < -0.39 is 11.7 Å². The van der Waals surface area contributed by atoms with E-state index in [2.05, 4.69) is 75.7 Å². The second-order valence-corrected chi connectivity index (χ2v) is 12.5. The number of halogens is 3. The lowest BCUT2D eigenvalue weighted by atomic mass is 9.84. The van der Waals surface area contributed by atoms with Crippen LogP contribution in [0.3, 0.4) is 0 Å². The number of anilines is 2. The molecule has 2 N–H and O–H groups in total. The standard InChI is InChI=1S/C23H25N3O.C17H12F3N3O.C2H6/c1-3-22(27)25-19-13-21-16(2)15-26(23(21)24-14-19)20-11-9-18(10-12-20)17-7-5-4-6-8-17;1-2-15(24)22-13-9-11-7-8-23(16(11)21-10-13)14-5-3-12(4-6-14)17(18,19)20;1-2/h3,9-15,17H,1,4-8H2,2H3,(H,25,27);2-10H,1H2,(H,22,24);1-2H3. The number of fused-ring (bicyclic) bond motifs is 2. The molecule has 53 heavy (non-hydrogen) atoms. The van der Waals surface area contributed by atoms with Crippen LogP contribution < -0.4 is 10.6 Å². The van der Waals surface area contributed by atoms with Crippen molar-refractivity contribution < 1.29 is 22.8 Å². The Balaban J connectivity index is 0.000000197. The number of alkyl halides is 3. The molecule has 1 saturated carbocycles. The zero-order valence-corrected chi connectivity index (χ0v) is 30.1. The van der Waals surface area contributed by atoms with Crippen LogP contribution >= 0.6 is 0 Å². The van der Waals surface area contributed by atoms with E-state index in [-0.39, 0.29) is 11.8 Å². The summed E-state index contributed by atoms with van der Waals surface area (Å²) in [6.45, 7) is 12.9. The highest BCUT2D eigenvalue weighted by Crippen LogP contribution is 2.34. The van der Waals surface area contributed by atoms with Crippen molar-refractivity contribution in [3.63, 3.8) is 0 Å². The molecular formula is C42H43F3N6O2. The van der Waals surface area contributed by atoms with Crippen LogP contribution in [-0.2, 0) is 15.8 Å². The van der Waals surface area contributed by atoms with Crippen LogP contribution in [0.5, 0.6) is 0 Å². The number of nitrogens with one attached hydrogen (secondary N) is 2. The Bertz CT molecular complexity index is 2210. The fourth-order valence-electron chi connectivity index (χ4n) is 6.37. The molecule has 4 heterocycles. The minimum absolute atomic E-state index is 0.230. The van der Waals surface area contributed by atoms with Crippen molar-refractivity contribution >= 4 is 45.3 Å². The van der Waals surface area contributed by atoms with E-state index in [1.807, 2.05) is 19.9 Å². The smallest absolute Gasteiger partial charge is 0.321 e. The summed E-state index contributed by atoms with van der Waals surface area (Å²) in [5, 5.41) is 7.16. The second-order valence-electron chi connectivity index (χ2n) is 12.5. The van der Waals surface area contributed by atoms with Crippen molar-refractivity contribution in [2.24, 2.45) is 0 Å². The third-order valence-electron chi connectivity index (χ3n) is 9.00. The minimum Gasteiger partial charge on any atom is -0.321 e. The van der Waals surface area contributed by atoms with Crippen LogP contribution in [-0.4, -0.2) is 30.9 Å². The molecule has 1 aliphatic rings. The molecule has 1 aliphatic carbocycles. The molecule has 4 aromatic heterocycles. The van der Waals surface area contributed by atoms with Crippen molar-refractivity contribution in [3.05, 3.63) is 134 Å². The Morgan fingerprint density at radius 2 is 1.32 bits per heavy atom. The van der Waals surface area contributed by atoms with Gasteiger partial charge >= 0.3 is 6.18 Å².